The largest absolute Gasteiger partial charge is 0.508 e. The summed E-state index contributed by atoms with van der Waals surface area (Å²) in [6.45, 7) is 2.19. The fraction of sp³-hybridized carbons (Fsp3) is 0.0500. The molecule has 0 amide bonds. The van der Waals surface area contributed by atoms with Crippen molar-refractivity contribution in [1.29, 1.82) is 0 Å². The number of aryl methyl sites for hydroxylation is 1. The molecule has 1 N–H and O–H groups in total. The monoisotopic (exact) mass is 526 g/mol. The molecule has 7 aromatic carbocycles. The number of aromatic hydroxyl groups is 1. The molecule has 0 saturated carbocycles. The number of fused-ring (bicyclic) bond motifs is 2. The Morgan fingerprint density at radius 1 is 0.463 bits per heavy atom. The molecular weight excluding hydrogens is 496 g/mol. The summed E-state index contributed by atoms with van der Waals surface area (Å²) in [6.07, 6.45) is 0.861. The lowest BCUT2D eigenvalue weighted by Gasteiger charge is -2.18. The van der Waals surface area contributed by atoms with Gasteiger partial charge < -0.3 is 5.11 Å². The van der Waals surface area contributed by atoms with E-state index in [1.54, 1.807) is 12.1 Å². The molecule has 41 heavy (non-hydrogen) atoms. The summed E-state index contributed by atoms with van der Waals surface area (Å²) >= 11 is 0. The second-order valence-corrected chi connectivity index (χ2v) is 10.7. The Morgan fingerprint density at radius 2 is 1.00 bits per heavy atom. The van der Waals surface area contributed by atoms with Crippen molar-refractivity contribution in [3.63, 3.8) is 0 Å². The van der Waals surface area contributed by atoms with Gasteiger partial charge in [0.1, 0.15) is 5.75 Å². The van der Waals surface area contributed by atoms with Gasteiger partial charge in [-0.1, -0.05) is 133 Å². The topological polar surface area (TPSA) is 20.2 Å². The van der Waals surface area contributed by atoms with E-state index in [4.69, 9.17) is 0 Å². The quantitative estimate of drug-likeness (QED) is 0.221. The van der Waals surface area contributed by atoms with Crippen LogP contribution in [0.25, 0.3) is 54.9 Å². The van der Waals surface area contributed by atoms with Crippen LogP contribution >= 0.6 is 0 Å². The van der Waals surface area contributed by atoms with Crippen LogP contribution in [0.15, 0.2) is 146 Å². The van der Waals surface area contributed by atoms with Crippen molar-refractivity contribution < 1.29 is 5.11 Å². The molecule has 0 aliphatic carbocycles. The normalized spacial score (nSPS) is 11.2. The van der Waals surface area contributed by atoms with Gasteiger partial charge in [-0.3, -0.25) is 0 Å². The van der Waals surface area contributed by atoms with E-state index < -0.39 is 0 Å². The Labute approximate surface area is 241 Å². The lowest BCUT2D eigenvalue weighted by molar-refractivity contribution is 0.475. The Balaban J connectivity index is 1.40. The SMILES string of the molecule is Cc1ccccc1-c1ccccc1Cc1cccc(-c2c3ccccc3c(-c3ccc(O)cc3)c3ccccc23)c1. The third-order valence-corrected chi connectivity index (χ3v) is 8.15. The van der Waals surface area contributed by atoms with Gasteiger partial charge in [0.2, 0.25) is 0 Å². The highest BCUT2D eigenvalue weighted by molar-refractivity contribution is 6.21. The van der Waals surface area contributed by atoms with Crippen molar-refractivity contribution in [2.45, 2.75) is 13.3 Å². The molecule has 7 aromatic rings. The minimum atomic E-state index is 0.278. The Hall–Kier alpha value is -5.14. The van der Waals surface area contributed by atoms with Gasteiger partial charge in [0, 0.05) is 0 Å². The third-order valence-electron chi connectivity index (χ3n) is 8.15. The zero-order valence-corrected chi connectivity index (χ0v) is 23.0. The zero-order chi connectivity index (χ0) is 27.8. The Bertz CT molecular complexity index is 1980. The highest BCUT2D eigenvalue weighted by Crippen LogP contribution is 2.44. The van der Waals surface area contributed by atoms with E-state index in [1.165, 1.54) is 66.1 Å². The average molecular weight is 527 g/mol. The summed E-state index contributed by atoms with van der Waals surface area (Å²) in [5, 5.41) is 14.8. The smallest absolute Gasteiger partial charge is 0.115 e. The molecule has 0 heterocycles. The van der Waals surface area contributed by atoms with E-state index in [0.29, 0.717) is 0 Å². The van der Waals surface area contributed by atoms with Crippen LogP contribution in [-0.4, -0.2) is 5.11 Å². The van der Waals surface area contributed by atoms with Crippen LogP contribution in [0.1, 0.15) is 16.7 Å². The lowest BCUT2D eigenvalue weighted by Crippen LogP contribution is -1.95. The second kappa shape index (κ2) is 10.4. The Morgan fingerprint density at radius 3 is 1.63 bits per heavy atom. The predicted molar refractivity (Wildman–Crippen MR) is 173 cm³/mol. The molecule has 0 unspecified atom stereocenters. The molecule has 0 atom stereocenters. The van der Waals surface area contributed by atoms with Crippen molar-refractivity contribution in [2.75, 3.05) is 0 Å². The van der Waals surface area contributed by atoms with E-state index in [-0.39, 0.29) is 5.75 Å². The number of hydrogen-bond donors (Lipinski definition) is 1. The standard InChI is InChI=1S/C40H30O/c1-27-11-2-4-15-33(27)34-16-5-3-13-30(34)25-28-12-10-14-31(26-28)40-37-19-8-6-17-35(37)39(29-21-23-32(41)24-22-29)36-18-7-9-20-38(36)40/h2-24,26,41H,25H2,1H3. The van der Waals surface area contributed by atoms with Crippen LogP contribution in [0.2, 0.25) is 0 Å². The van der Waals surface area contributed by atoms with Gasteiger partial charge in [-0.05, 0) is 97.1 Å². The second-order valence-electron chi connectivity index (χ2n) is 10.7. The number of hydrogen-bond acceptors (Lipinski definition) is 1. The van der Waals surface area contributed by atoms with Crippen LogP contribution in [0.3, 0.4) is 0 Å². The first-order valence-corrected chi connectivity index (χ1v) is 14.1. The van der Waals surface area contributed by atoms with Crippen LogP contribution in [0.4, 0.5) is 0 Å². The minimum absolute atomic E-state index is 0.278. The molecule has 0 spiro atoms. The van der Waals surface area contributed by atoms with E-state index in [9.17, 15) is 5.11 Å². The predicted octanol–water partition coefficient (Wildman–Crippen LogP) is 10.6. The van der Waals surface area contributed by atoms with Crippen molar-refractivity contribution in [1.82, 2.24) is 0 Å². The molecule has 0 fully saturated rings. The molecule has 0 aliphatic heterocycles. The fourth-order valence-electron chi connectivity index (χ4n) is 6.25. The van der Waals surface area contributed by atoms with Gasteiger partial charge in [-0.15, -0.1) is 0 Å². The first-order chi connectivity index (χ1) is 20.2. The first-order valence-electron chi connectivity index (χ1n) is 14.1. The molecule has 196 valence electrons. The fourth-order valence-corrected chi connectivity index (χ4v) is 6.25. The number of phenolic OH excluding ortho intramolecular Hbond substituents is 1. The van der Waals surface area contributed by atoms with E-state index in [1.807, 2.05) is 12.1 Å². The summed E-state index contributed by atoms with van der Waals surface area (Å²) in [5.41, 5.74) is 11.3. The molecule has 1 nitrogen and oxygen atoms in total. The minimum Gasteiger partial charge on any atom is -0.508 e. The molecular formula is C40H30O. The summed E-state index contributed by atoms with van der Waals surface area (Å²) in [4.78, 5) is 0. The van der Waals surface area contributed by atoms with Gasteiger partial charge >= 0.3 is 0 Å². The summed E-state index contributed by atoms with van der Waals surface area (Å²) in [6, 6.07) is 51.4. The van der Waals surface area contributed by atoms with Gasteiger partial charge in [-0.2, -0.15) is 0 Å². The van der Waals surface area contributed by atoms with E-state index in [0.717, 1.165) is 12.0 Å². The number of rotatable bonds is 5. The average Bonchev–Trinajstić information content (AvgIpc) is 3.01. The van der Waals surface area contributed by atoms with Crippen molar-refractivity contribution in [2.24, 2.45) is 0 Å². The lowest BCUT2D eigenvalue weighted by atomic mass is 9.85. The van der Waals surface area contributed by atoms with Crippen LogP contribution in [0.5, 0.6) is 5.75 Å². The molecule has 1 heteroatoms. The third kappa shape index (κ3) is 4.56. The molecule has 7 rings (SSSR count). The van der Waals surface area contributed by atoms with Crippen LogP contribution in [0, 0.1) is 6.92 Å². The van der Waals surface area contributed by atoms with Crippen molar-refractivity contribution >= 4 is 21.5 Å². The summed E-state index contributed by atoms with van der Waals surface area (Å²) < 4.78 is 0. The molecule has 0 bridgehead atoms. The van der Waals surface area contributed by atoms with Gasteiger partial charge in [0.05, 0.1) is 0 Å². The van der Waals surface area contributed by atoms with Gasteiger partial charge in [0.15, 0.2) is 0 Å². The summed E-state index contributed by atoms with van der Waals surface area (Å²) in [7, 11) is 0. The van der Waals surface area contributed by atoms with E-state index >= 15 is 0 Å². The molecule has 0 aromatic heterocycles. The van der Waals surface area contributed by atoms with Gasteiger partial charge in [-0.25, -0.2) is 0 Å². The van der Waals surface area contributed by atoms with Crippen molar-refractivity contribution in [3.05, 3.63) is 162 Å². The first kappa shape index (κ1) is 24.9. The van der Waals surface area contributed by atoms with Crippen LogP contribution in [-0.2, 0) is 6.42 Å². The maximum absolute atomic E-state index is 9.95. The summed E-state index contributed by atoms with van der Waals surface area (Å²) in [5.74, 6) is 0.278. The molecule has 0 saturated heterocycles. The van der Waals surface area contributed by atoms with Crippen molar-refractivity contribution in [3.8, 4) is 39.1 Å². The molecule has 0 radical (unpaired) electrons. The maximum Gasteiger partial charge on any atom is 0.115 e. The highest BCUT2D eigenvalue weighted by atomic mass is 16.3. The van der Waals surface area contributed by atoms with Gasteiger partial charge in [0.25, 0.3) is 0 Å². The highest BCUT2D eigenvalue weighted by Gasteiger charge is 2.17. The Kier molecular flexibility index (Phi) is 6.34. The van der Waals surface area contributed by atoms with Crippen LogP contribution < -0.4 is 0 Å². The number of benzene rings is 7. The maximum atomic E-state index is 9.95. The zero-order valence-electron chi connectivity index (χ0n) is 23.0. The molecule has 0 aliphatic rings. The van der Waals surface area contributed by atoms with E-state index in [2.05, 4.69) is 128 Å². The number of phenols is 1.